The zero-order valence-electron chi connectivity index (χ0n) is 14.0. The molecular weight excluding hydrogens is 324 g/mol. The first kappa shape index (κ1) is 24.0. The van der Waals surface area contributed by atoms with Gasteiger partial charge in [0.2, 0.25) is 12.1 Å². The van der Waals surface area contributed by atoms with Crippen molar-refractivity contribution in [3.63, 3.8) is 0 Å². The number of hydrogen-bond donors (Lipinski definition) is 0. The van der Waals surface area contributed by atoms with E-state index < -0.39 is 23.6 Å². The summed E-state index contributed by atoms with van der Waals surface area (Å²) in [6, 6.07) is 0. The van der Waals surface area contributed by atoms with Gasteiger partial charge in [0.15, 0.2) is 5.60 Å². The number of carbonyl (C=O) groups is 2. The maximum Gasteiger partial charge on any atom is 1.00 e. The molecule has 1 unspecified atom stereocenters. The number of ketones is 1. The summed E-state index contributed by atoms with van der Waals surface area (Å²) in [4.78, 5) is 24.0. The number of carboxylic acid groups (broad SMARTS) is 1. The van der Waals surface area contributed by atoms with Gasteiger partial charge in [-0.15, -0.1) is 0 Å². The molecule has 1 atom stereocenters. The molecule has 0 rings (SSSR count). The summed E-state index contributed by atoms with van der Waals surface area (Å²) >= 11 is 0. The van der Waals surface area contributed by atoms with Gasteiger partial charge in [0, 0.05) is 19.8 Å². The quantitative estimate of drug-likeness (QED) is 0.280. The predicted octanol–water partition coefficient (Wildman–Crippen LogP) is 1.06. The van der Waals surface area contributed by atoms with Gasteiger partial charge in [0.25, 0.3) is 0 Å². The van der Waals surface area contributed by atoms with Gasteiger partial charge in [-0.05, 0) is 25.7 Å². The fourth-order valence-electron chi connectivity index (χ4n) is 1.77. The van der Waals surface area contributed by atoms with Crippen LogP contribution in [0.15, 0.2) is 0 Å². The van der Waals surface area contributed by atoms with Crippen molar-refractivity contribution in [2.45, 2.75) is 65.3 Å². The van der Waals surface area contributed by atoms with E-state index >= 15 is 0 Å². The van der Waals surface area contributed by atoms with Gasteiger partial charge in [-0.25, -0.2) is 0 Å². The molecule has 0 aromatic carbocycles. The molecule has 0 aliphatic rings. The van der Waals surface area contributed by atoms with Crippen LogP contribution in [0.3, 0.4) is 0 Å². The van der Waals surface area contributed by atoms with Gasteiger partial charge in [0.1, 0.15) is 0 Å². The molecule has 0 saturated heterocycles. The number of hydrogen-bond acceptors (Lipinski definition) is 6. The minimum atomic E-state index is -2.01. The first-order valence-corrected chi connectivity index (χ1v) is 7.62. The summed E-state index contributed by atoms with van der Waals surface area (Å²) in [5, 5.41) is 11.5. The van der Waals surface area contributed by atoms with Crippen LogP contribution in [0.25, 0.3) is 0 Å². The van der Waals surface area contributed by atoms with E-state index in [1.807, 2.05) is 20.8 Å². The average molecular weight is 351 g/mol. The molecule has 6 nitrogen and oxygen atoms in total. The summed E-state index contributed by atoms with van der Waals surface area (Å²) in [5.74, 6) is -2.28. The smallest absolute Gasteiger partial charge is 0.546 e. The van der Waals surface area contributed by atoms with Crippen LogP contribution < -0.4 is 5.11 Å². The summed E-state index contributed by atoms with van der Waals surface area (Å²) in [6.45, 7) is 7.95. The fourth-order valence-corrected chi connectivity index (χ4v) is 1.77. The second kappa shape index (κ2) is 13.2. The third kappa shape index (κ3) is 6.88. The Bertz CT molecular complexity index is 315. The molecule has 0 fully saturated rings. The summed E-state index contributed by atoms with van der Waals surface area (Å²) in [5.41, 5.74) is -2.01. The Labute approximate surface area is 147 Å². The number of Topliss-reactive ketones (excluding diaryl/α,β-unsaturated/α-hetero) is 1. The zero-order chi connectivity index (χ0) is 16.3. The van der Waals surface area contributed by atoms with E-state index in [9.17, 15) is 14.7 Å². The standard InChI is InChI=1S/C15H28O6.Ti/c1-5-9-19-13(20-10-6-2)12(16)15(8-4,14(17)18)21-11-7-3;/h13H,5-11H2,1-4H3,(H,17,18);/q;+1/p-1. The molecule has 0 amide bonds. The largest absolute Gasteiger partial charge is 1.00 e. The van der Waals surface area contributed by atoms with Crippen LogP contribution in [0, 0.1) is 0 Å². The van der Waals surface area contributed by atoms with Gasteiger partial charge in [-0.1, -0.05) is 27.7 Å². The molecule has 0 aliphatic heterocycles. The monoisotopic (exact) mass is 351 g/mol. The number of carboxylic acids is 1. The third-order valence-electron chi connectivity index (χ3n) is 2.94. The molecule has 1 radical (unpaired) electrons. The molecule has 0 N–H and O–H groups in total. The number of aliphatic carboxylic acids is 1. The number of ether oxygens (including phenoxy) is 3. The number of rotatable bonds is 13. The molecule has 22 heavy (non-hydrogen) atoms. The van der Waals surface area contributed by atoms with Crippen LogP contribution in [0.2, 0.25) is 0 Å². The molecule has 0 bridgehead atoms. The van der Waals surface area contributed by atoms with E-state index in [-0.39, 0.29) is 34.7 Å². The molecule has 0 aliphatic carbocycles. The summed E-state index contributed by atoms with van der Waals surface area (Å²) in [6.07, 6.45) is 0.715. The Morgan fingerprint density at radius 1 is 0.955 bits per heavy atom. The minimum Gasteiger partial charge on any atom is -0.546 e. The van der Waals surface area contributed by atoms with Crippen molar-refractivity contribution in [2.24, 2.45) is 0 Å². The molecule has 127 valence electrons. The van der Waals surface area contributed by atoms with E-state index in [0.717, 1.165) is 0 Å². The van der Waals surface area contributed by atoms with Crippen LogP contribution in [0.1, 0.15) is 53.4 Å². The molecule has 0 heterocycles. The third-order valence-corrected chi connectivity index (χ3v) is 2.94. The van der Waals surface area contributed by atoms with Crippen molar-refractivity contribution >= 4 is 11.8 Å². The molecule has 0 spiro atoms. The maximum atomic E-state index is 12.6. The summed E-state index contributed by atoms with van der Waals surface area (Å²) in [7, 11) is 0. The van der Waals surface area contributed by atoms with Gasteiger partial charge in [-0.2, -0.15) is 0 Å². The van der Waals surface area contributed by atoms with Crippen molar-refractivity contribution < 1.29 is 50.6 Å². The molecule has 0 aromatic heterocycles. The summed E-state index contributed by atoms with van der Waals surface area (Å²) < 4.78 is 16.0. The molecular formula is C15H27O6Ti. The van der Waals surface area contributed by atoms with Crippen LogP contribution in [-0.4, -0.2) is 43.5 Å². The molecule has 0 aromatic rings. The van der Waals surface area contributed by atoms with Crippen molar-refractivity contribution in [1.82, 2.24) is 0 Å². The van der Waals surface area contributed by atoms with Gasteiger partial charge < -0.3 is 24.1 Å². The fraction of sp³-hybridized carbons (Fsp3) is 0.867. The van der Waals surface area contributed by atoms with E-state index in [1.54, 1.807) is 6.92 Å². The topological polar surface area (TPSA) is 84.9 Å². The Morgan fingerprint density at radius 2 is 1.41 bits per heavy atom. The van der Waals surface area contributed by atoms with E-state index in [0.29, 0.717) is 32.5 Å². The Morgan fingerprint density at radius 3 is 1.73 bits per heavy atom. The van der Waals surface area contributed by atoms with Gasteiger partial charge in [-0.3, -0.25) is 4.79 Å². The van der Waals surface area contributed by atoms with Crippen molar-refractivity contribution in [3.8, 4) is 0 Å². The van der Waals surface area contributed by atoms with Crippen LogP contribution in [0.5, 0.6) is 0 Å². The SMILES string of the molecule is CCCOC(OCCC)C(=O)C(CC)(OCCC)C(=O)[O-].[Ti+]. The van der Waals surface area contributed by atoms with Gasteiger partial charge in [0.05, 0.1) is 5.97 Å². The van der Waals surface area contributed by atoms with Crippen LogP contribution in [0.4, 0.5) is 0 Å². The van der Waals surface area contributed by atoms with E-state index in [2.05, 4.69) is 0 Å². The van der Waals surface area contributed by atoms with Crippen LogP contribution in [-0.2, 0) is 45.5 Å². The zero-order valence-corrected chi connectivity index (χ0v) is 15.5. The maximum absolute atomic E-state index is 12.6. The first-order chi connectivity index (χ1) is 9.99. The van der Waals surface area contributed by atoms with Gasteiger partial charge >= 0.3 is 21.7 Å². The second-order valence-electron chi connectivity index (χ2n) is 4.75. The predicted molar refractivity (Wildman–Crippen MR) is 75.6 cm³/mol. The van der Waals surface area contributed by atoms with Crippen molar-refractivity contribution in [3.05, 3.63) is 0 Å². The molecule has 0 saturated carbocycles. The minimum absolute atomic E-state index is 0. The first-order valence-electron chi connectivity index (χ1n) is 7.62. The number of carbonyl (C=O) groups excluding carboxylic acids is 2. The Kier molecular flexibility index (Phi) is 14.4. The second-order valence-corrected chi connectivity index (χ2v) is 4.75. The van der Waals surface area contributed by atoms with E-state index in [1.165, 1.54) is 0 Å². The van der Waals surface area contributed by atoms with E-state index in [4.69, 9.17) is 14.2 Å². The van der Waals surface area contributed by atoms with Crippen molar-refractivity contribution in [2.75, 3.05) is 19.8 Å². The average Bonchev–Trinajstić information content (AvgIpc) is 2.48. The Balaban J connectivity index is 0. The molecule has 7 heteroatoms. The Hall–Kier alpha value is -0.266. The van der Waals surface area contributed by atoms with Crippen molar-refractivity contribution in [1.29, 1.82) is 0 Å². The van der Waals surface area contributed by atoms with Crippen LogP contribution >= 0.6 is 0 Å². The normalized spacial score (nSPS) is 13.5.